The monoisotopic (exact) mass is 351 g/mol. The zero-order chi connectivity index (χ0) is 15.0. The molecule has 2 N–H and O–H groups in total. The standard InChI is InChI=1S/C17H16BrF2N/c18-14-7-8-15(19)13(17(14)20)9-16(21)12-6-5-10-3-1-2-4-11(10)12/h1-4,7-8,12,16H,5-6,9,21H2. The van der Waals surface area contributed by atoms with E-state index in [1.807, 2.05) is 12.1 Å². The molecule has 0 saturated heterocycles. The predicted molar refractivity (Wildman–Crippen MR) is 83.2 cm³/mol. The van der Waals surface area contributed by atoms with Crippen LogP contribution in [0.4, 0.5) is 8.78 Å². The van der Waals surface area contributed by atoms with Crippen molar-refractivity contribution in [3.63, 3.8) is 0 Å². The highest BCUT2D eigenvalue weighted by molar-refractivity contribution is 9.10. The summed E-state index contributed by atoms with van der Waals surface area (Å²) in [5.74, 6) is -0.909. The van der Waals surface area contributed by atoms with Crippen LogP contribution in [0.25, 0.3) is 0 Å². The largest absolute Gasteiger partial charge is 0.327 e. The lowest BCUT2D eigenvalue weighted by Crippen LogP contribution is -2.30. The lowest BCUT2D eigenvalue weighted by Gasteiger charge is -2.21. The van der Waals surface area contributed by atoms with Crippen molar-refractivity contribution in [2.45, 2.75) is 31.2 Å². The molecular formula is C17H16BrF2N. The topological polar surface area (TPSA) is 26.0 Å². The predicted octanol–water partition coefficient (Wildman–Crippen LogP) is 4.33. The second-order valence-electron chi connectivity index (χ2n) is 5.53. The number of rotatable bonds is 3. The fourth-order valence-corrected chi connectivity index (χ4v) is 3.54. The van der Waals surface area contributed by atoms with E-state index in [1.54, 1.807) is 0 Å². The van der Waals surface area contributed by atoms with E-state index in [1.165, 1.54) is 23.3 Å². The number of nitrogens with two attached hydrogens (primary N) is 1. The Kier molecular flexibility index (Phi) is 4.09. The van der Waals surface area contributed by atoms with Crippen LogP contribution in [0.3, 0.4) is 0 Å². The summed E-state index contributed by atoms with van der Waals surface area (Å²) < 4.78 is 28.2. The normalized spacial score (nSPS) is 18.6. The number of fused-ring (bicyclic) bond motifs is 1. The maximum atomic E-state index is 14.1. The molecule has 110 valence electrons. The maximum absolute atomic E-state index is 14.1. The molecular weight excluding hydrogens is 336 g/mol. The molecule has 0 fully saturated rings. The SMILES string of the molecule is NC(Cc1c(F)ccc(Br)c1F)C1CCc2ccccc21. The Hall–Kier alpha value is -1.26. The van der Waals surface area contributed by atoms with Crippen molar-refractivity contribution >= 4 is 15.9 Å². The van der Waals surface area contributed by atoms with Gasteiger partial charge in [-0.15, -0.1) is 0 Å². The highest BCUT2D eigenvalue weighted by atomic mass is 79.9. The average molecular weight is 352 g/mol. The van der Waals surface area contributed by atoms with Gasteiger partial charge in [0.2, 0.25) is 0 Å². The fourth-order valence-electron chi connectivity index (χ4n) is 3.17. The second-order valence-corrected chi connectivity index (χ2v) is 6.39. The summed E-state index contributed by atoms with van der Waals surface area (Å²) in [7, 11) is 0. The van der Waals surface area contributed by atoms with Crippen LogP contribution in [0.15, 0.2) is 40.9 Å². The average Bonchev–Trinajstić information content (AvgIpc) is 2.91. The summed E-state index contributed by atoms with van der Waals surface area (Å²) in [5, 5.41) is 0. The molecule has 2 aromatic rings. The van der Waals surface area contributed by atoms with Crippen molar-refractivity contribution in [3.05, 3.63) is 69.2 Å². The Morgan fingerprint density at radius 2 is 1.95 bits per heavy atom. The molecule has 0 spiro atoms. The minimum atomic E-state index is -0.545. The van der Waals surface area contributed by atoms with Gasteiger partial charge in [0, 0.05) is 11.6 Å². The molecule has 2 unspecified atom stereocenters. The van der Waals surface area contributed by atoms with Gasteiger partial charge in [-0.3, -0.25) is 0 Å². The van der Waals surface area contributed by atoms with Gasteiger partial charge >= 0.3 is 0 Å². The number of hydrogen-bond acceptors (Lipinski definition) is 1. The lowest BCUT2D eigenvalue weighted by molar-refractivity contribution is 0.487. The molecule has 4 heteroatoms. The fraction of sp³-hybridized carbons (Fsp3) is 0.294. The van der Waals surface area contributed by atoms with Crippen LogP contribution in [-0.4, -0.2) is 6.04 Å². The third kappa shape index (κ3) is 2.74. The molecule has 2 aromatic carbocycles. The molecule has 0 aliphatic heterocycles. The molecule has 1 aliphatic carbocycles. The van der Waals surface area contributed by atoms with Crippen molar-refractivity contribution in [1.82, 2.24) is 0 Å². The van der Waals surface area contributed by atoms with Gasteiger partial charge in [-0.25, -0.2) is 8.78 Å². The van der Waals surface area contributed by atoms with Crippen molar-refractivity contribution in [2.24, 2.45) is 5.73 Å². The van der Waals surface area contributed by atoms with E-state index in [4.69, 9.17) is 5.73 Å². The van der Waals surface area contributed by atoms with Gasteiger partial charge in [-0.05, 0) is 64.4 Å². The summed E-state index contributed by atoms with van der Waals surface area (Å²) in [6.45, 7) is 0. The summed E-state index contributed by atoms with van der Waals surface area (Å²) >= 11 is 3.10. The van der Waals surface area contributed by atoms with Crippen LogP contribution in [0.5, 0.6) is 0 Å². The first kappa shape index (κ1) is 14.7. The molecule has 0 aromatic heterocycles. The van der Waals surface area contributed by atoms with Crippen LogP contribution in [-0.2, 0) is 12.8 Å². The van der Waals surface area contributed by atoms with Crippen molar-refractivity contribution in [3.8, 4) is 0 Å². The Morgan fingerprint density at radius 3 is 2.76 bits per heavy atom. The minimum absolute atomic E-state index is 0.0706. The van der Waals surface area contributed by atoms with Gasteiger partial charge in [-0.2, -0.15) is 0 Å². The van der Waals surface area contributed by atoms with Crippen molar-refractivity contribution in [2.75, 3.05) is 0 Å². The number of hydrogen-bond donors (Lipinski definition) is 1. The van der Waals surface area contributed by atoms with Gasteiger partial charge in [0.15, 0.2) is 0 Å². The molecule has 2 atom stereocenters. The molecule has 0 heterocycles. The molecule has 0 bridgehead atoms. The third-order valence-corrected chi connectivity index (χ3v) is 4.89. The Labute approximate surface area is 131 Å². The van der Waals surface area contributed by atoms with Crippen LogP contribution in [0.1, 0.15) is 29.0 Å². The molecule has 0 amide bonds. The van der Waals surface area contributed by atoms with Crippen molar-refractivity contribution < 1.29 is 8.78 Å². The Balaban J connectivity index is 1.85. The van der Waals surface area contributed by atoms with Crippen molar-refractivity contribution in [1.29, 1.82) is 0 Å². The summed E-state index contributed by atoms with van der Waals surface area (Å²) in [6.07, 6.45) is 2.13. The second kappa shape index (κ2) is 5.85. The quantitative estimate of drug-likeness (QED) is 0.818. The smallest absolute Gasteiger partial charge is 0.143 e. The van der Waals surface area contributed by atoms with Gasteiger partial charge in [0.1, 0.15) is 11.6 Å². The molecule has 0 radical (unpaired) electrons. The number of halogens is 3. The third-order valence-electron chi connectivity index (χ3n) is 4.27. The molecule has 1 aliphatic rings. The van der Waals surface area contributed by atoms with E-state index >= 15 is 0 Å². The zero-order valence-electron chi connectivity index (χ0n) is 11.5. The Morgan fingerprint density at radius 1 is 1.19 bits per heavy atom. The highest BCUT2D eigenvalue weighted by Crippen LogP contribution is 2.36. The van der Waals surface area contributed by atoms with E-state index < -0.39 is 11.6 Å². The maximum Gasteiger partial charge on any atom is 0.143 e. The summed E-state index contributed by atoms with van der Waals surface area (Å²) in [6, 6.07) is 10.5. The van der Waals surface area contributed by atoms with Crippen LogP contribution in [0.2, 0.25) is 0 Å². The van der Waals surface area contributed by atoms with Crippen LogP contribution < -0.4 is 5.73 Å². The van der Waals surface area contributed by atoms with E-state index in [0.717, 1.165) is 12.8 Å². The first-order valence-electron chi connectivity index (χ1n) is 7.03. The summed E-state index contributed by atoms with van der Waals surface area (Å²) in [5.41, 5.74) is 8.86. The Bertz CT molecular complexity index is 672. The lowest BCUT2D eigenvalue weighted by atomic mass is 9.89. The highest BCUT2D eigenvalue weighted by Gasteiger charge is 2.28. The van der Waals surface area contributed by atoms with E-state index in [2.05, 4.69) is 28.1 Å². The number of benzene rings is 2. The van der Waals surface area contributed by atoms with E-state index in [9.17, 15) is 8.78 Å². The first-order chi connectivity index (χ1) is 10.1. The molecule has 0 saturated carbocycles. The molecule has 21 heavy (non-hydrogen) atoms. The van der Waals surface area contributed by atoms with Crippen LogP contribution in [0, 0.1) is 11.6 Å². The van der Waals surface area contributed by atoms with E-state index in [-0.39, 0.29) is 28.4 Å². The van der Waals surface area contributed by atoms with Gasteiger partial charge in [-0.1, -0.05) is 24.3 Å². The van der Waals surface area contributed by atoms with E-state index in [0.29, 0.717) is 0 Å². The zero-order valence-corrected chi connectivity index (χ0v) is 13.0. The van der Waals surface area contributed by atoms with Gasteiger partial charge in [0.25, 0.3) is 0 Å². The van der Waals surface area contributed by atoms with Gasteiger partial charge < -0.3 is 5.73 Å². The minimum Gasteiger partial charge on any atom is -0.327 e. The van der Waals surface area contributed by atoms with Crippen LogP contribution >= 0.6 is 15.9 Å². The molecule has 3 rings (SSSR count). The molecule has 1 nitrogen and oxygen atoms in total. The summed E-state index contributed by atoms with van der Waals surface area (Å²) in [4.78, 5) is 0. The number of aryl methyl sites for hydroxylation is 1. The first-order valence-corrected chi connectivity index (χ1v) is 7.83. The van der Waals surface area contributed by atoms with Gasteiger partial charge in [0.05, 0.1) is 4.47 Å².